The number of primary amides is 1. The molecule has 0 radical (unpaired) electrons. The van der Waals surface area contributed by atoms with Gasteiger partial charge in [0.05, 0.1) is 6.54 Å². The minimum Gasteiger partial charge on any atom is -0.351 e. The summed E-state index contributed by atoms with van der Waals surface area (Å²) in [5.41, 5.74) is 4.90. The molecule has 8 heteroatoms. The fourth-order valence-corrected chi connectivity index (χ4v) is 3.07. The maximum Gasteiger partial charge on any atom is 0.318 e. The van der Waals surface area contributed by atoms with Crippen LogP contribution in [-0.4, -0.2) is 84.9 Å². The summed E-state index contributed by atoms with van der Waals surface area (Å²) in [7, 11) is 0. The number of carbonyl (C=O) groups is 3. The van der Waals surface area contributed by atoms with E-state index in [0.717, 1.165) is 52.1 Å². The summed E-state index contributed by atoms with van der Waals surface area (Å²) in [5, 5.41) is 2.07. The Balaban J connectivity index is 1.62. The van der Waals surface area contributed by atoms with Crippen molar-refractivity contribution in [2.24, 2.45) is 5.73 Å². The summed E-state index contributed by atoms with van der Waals surface area (Å²) in [6.07, 6.45) is 3.72. The number of hydrogen-bond acceptors (Lipinski definition) is 5. The lowest BCUT2D eigenvalue weighted by atomic mass is 10.1. The van der Waals surface area contributed by atoms with Crippen molar-refractivity contribution in [1.82, 2.24) is 20.0 Å². The summed E-state index contributed by atoms with van der Waals surface area (Å²) in [6, 6.07) is -0.809. The number of likely N-dealkylation sites (tertiary alicyclic amines) is 1. The van der Waals surface area contributed by atoms with Gasteiger partial charge in [0, 0.05) is 52.2 Å². The molecule has 8 nitrogen and oxygen atoms in total. The van der Waals surface area contributed by atoms with Gasteiger partial charge in [-0.25, -0.2) is 4.79 Å². The average molecular weight is 325 g/mol. The predicted octanol–water partition coefficient (Wildman–Crippen LogP) is -0.798. The number of nitrogens with one attached hydrogen (secondary N) is 1. The summed E-state index contributed by atoms with van der Waals surface area (Å²) >= 11 is 0. The maximum atomic E-state index is 12.2. The molecule has 2 heterocycles. The van der Waals surface area contributed by atoms with Gasteiger partial charge in [0.1, 0.15) is 0 Å². The first kappa shape index (κ1) is 17.7. The highest BCUT2D eigenvalue weighted by Gasteiger charge is 2.22. The highest BCUT2D eigenvalue weighted by molar-refractivity contribution is 5.93. The molecule has 0 aromatic rings. The van der Waals surface area contributed by atoms with E-state index < -0.39 is 6.03 Å². The van der Waals surface area contributed by atoms with Gasteiger partial charge in [0.15, 0.2) is 0 Å². The molecule has 2 saturated heterocycles. The van der Waals surface area contributed by atoms with E-state index in [1.165, 1.54) is 6.42 Å². The van der Waals surface area contributed by atoms with Gasteiger partial charge in [-0.3, -0.25) is 19.8 Å². The molecule has 0 spiro atoms. The van der Waals surface area contributed by atoms with Crippen molar-refractivity contribution < 1.29 is 14.4 Å². The largest absolute Gasteiger partial charge is 0.351 e. The molecule has 0 aromatic carbocycles. The first-order chi connectivity index (χ1) is 11.0. The van der Waals surface area contributed by atoms with E-state index in [2.05, 4.69) is 15.1 Å². The average Bonchev–Trinajstić information content (AvgIpc) is 2.54. The number of piperazine rings is 1. The number of imide groups is 1. The van der Waals surface area contributed by atoms with E-state index in [1.54, 1.807) is 0 Å². The van der Waals surface area contributed by atoms with Crippen LogP contribution < -0.4 is 11.1 Å². The second kappa shape index (κ2) is 8.83. The van der Waals surface area contributed by atoms with Crippen LogP contribution in [0.5, 0.6) is 0 Å². The van der Waals surface area contributed by atoms with Crippen molar-refractivity contribution in [3.8, 4) is 0 Å². The van der Waals surface area contributed by atoms with Crippen LogP contribution in [0.2, 0.25) is 0 Å². The number of rotatable bonds is 5. The lowest BCUT2D eigenvalue weighted by Gasteiger charge is -2.36. The van der Waals surface area contributed by atoms with Gasteiger partial charge < -0.3 is 15.5 Å². The van der Waals surface area contributed by atoms with Crippen LogP contribution in [0.25, 0.3) is 0 Å². The standard InChI is InChI=1S/C15H27N5O3/c16-15(23)17-13(21)4-7-18-8-10-19(11-9-18)12-14(22)20-5-2-1-3-6-20/h1-12H2,(H3,16,17,21,23). The Bertz CT molecular complexity index is 429. The first-order valence-corrected chi connectivity index (χ1v) is 8.36. The zero-order valence-electron chi connectivity index (χ0n) is 13.6. The number of nitrogens with two attached hydrogens (primary N) is 1. The fourth-order valence-electron chi connectivity index (χ4n) is 3.07. The van der Waals surface area contributed by atoms with Crippen LogP contribution in [-0.2, 0) is 9.59 Å². The Hall–Kier alpha value is -1.67. The maximum absolute atomic E-state index is 12.2. The third kappa shape index (κ3) is 6.15. The van der Waals surface area contributed by atoms with Crippen LogP contribution in [0, 0.1) is 0 Å². The lowest BCUT2D eigenvalue weighted by Crippen LogP contribution is -2.51. The number of carbonyl (C=O) groups excluding carboxylic acids is 3. The second-order valence-electron chi connectivity index (χ2n) is 6.22. The van der Waals surface area contributed by atoms with E-state index in [0.29, 0.717) is 13.1 Å². The Labute approximate surface area is 136 Å². The van der Waals surface area contributed by atoms with E-state index in [4.69, 9.17) is 5.73 Å². The molecule has 3 N–H and O–H groups in total. The minimum atomic E-state index is -0.809. The summed E-state index contributed by atoms with van der Waals surface area (Å²) < 4.78 is 0. The van der Waals surface area contributed by atoms with Crippen LogP contribution in [0.4, 0.5) is 4.79 Å². The molecular formula is C15H27N5O3. The van der Waals surface area contributed by atoms with Crippen molar-refractivity contribution in [2.75, 3.05) is 52.4 Å². The monoisotopic (exact) mass is 325 g/mol. The number of urea groups is 1. The lowest BCUT2D eigenvalue weighted by molar-refractivity contribution is -0.133. The Morgan fingerprint density at radius 3 is 2.09 bits per heavy atom. The Kier molecular flexibility index (Phi) is 6.79. The normalized spacial score (nSPS) is 20.3. The summed E-state index contributed by atoms with van der Waals surface area (Å²) in [4.78, 5) is 40.5. The molecule has 2 aliphatic heterocycles. The third-order valence-corrected chi connectivity index (χ3v) is 4.45. The molecule has 0 saturated carbocycles. The third-order valence-electron chi connectivity index (χ3n) is 4.45. The quantitative estimate of drug-likeness (QED) is 0.689. The SMILES string of the molecule is NC(=O)NC(=O)CCN1CCN(CC(=O)N2CCCCC2)CC1. The fraction of sp³-hybridized carbons (Fsp3) is 0.800. The van der Waals surface area contributed by atoms with Gasteiger partial charge in [-0.15, -0.1) is 0 Å². The molecule has 0 unspecified atom stereocenters. The van der Waals surface area contributed by atoms with E-state index in [9.17, 15) is 14.4 Å². The van der Waals surface area contributed by atoms with Crippen LogP contribution in [0.3, 0.4) is 0 Å². The van der Waals surface area contributed by atoms with Crippen molar-refractivity contribution in [3.63, 3.8) is 0 Å². The van der Waals surface area contributed by atoms with Crippen molar-refractivity contribution in [1.29, 1.82) is 0 Å². The molecular weight excluding hydrogens is 298 g/mol. The van der Waals surface area contributed by atoms with Gasteiger partial charge in [-0.2, -0.15) is 0 Å². The summed E-state index contributed by atoms with van der Waals surface area (Å²) in [6.45, 7) is 6.22. The van der Waals surface area contributed by atoms with Gasteiger partial charge in [0.25, 0.3) is 0 Å². The van der Waals surface area contributed by atoms with Crippen molar-refractivity contribution >= 4 is 17.8 Å². The van der Waals surface area contributed by atoms with Crippen LogP contribution in [0.1, 0.15) is 25.7 Å². The zero-order valence-corrected chi connectivity index (χ0v) is 13.6. The van der Waals surface area contributed by atoms with Crippen molar-refractivity contribution in [2.45, 2.75) is 25.7 Å². The minimum absolute atomic E-state index is 0.235. The first-order valence-electron chi connectivity index (χ1n) is 8.36. The number of nitrogens with zero attached hydrogens (tertiary/aromatic N) is 3. The van der Waals surface area contributed by atoms with Gasteiger partial charge >= 0.3 is 6.03 Å². The highest BCUT2D eigenvalue weighted by atomic mass is 16.2. The smallest absolute Gasteiger partial charge is 0.318 e. The van der Waals surface area contributed by atoms with Crippen LogP contribution >= 0.6 is 0 Å². The molecule has 2 rings (SSSR count). The van der Waals surface area contributed by atoms with E-state index in [-0.39, 0.29) is 18.2 Å². The molecule has 2 fully saturated rings. The van der Waals surface area contributed by atoms with Crippen molar-refractivity contribution in [3.05, 3.63) is 0 Å². The van der Waals surface area contributed by atoms with Crippen LogP contribution in [0.15, 0.2) is 0 Å². The molecule has 2 aliphatic rings. The Morgan fingerprint density at radius 2 is 1.48 bits per heavy atom. The van der Waals surface area contributed by atoms with E-state index >= 15 is 0 Å². The molecule has 0 aromatic heterocycles. The zero-order chi connectivity index (χ0) is 16.7. The molecule has 0 aliphatic carbocycles. The highest BCUT2D eigenvalue weighted by Crippen LogP contribution is 2.10. The number of amides is 4. The topological polar surface area (TPSA) is 99.0 Å². The van der Waals surface area contributed by atoms with E-state index in [1.807, 2.05) is 4.90 Å². The predicted molar refractivity (Wildman–Crippen MR) is 85.7 cm³/mol. The molecule has 4 amide bonds. The van der Waals surface area contributed by atoms with Gasteiger partial charge in [-0.1, -0.05) is 0 Å². The molecule has 0 bridgehead atoms. The molecule has 130 valence electrons. The van der Waals surface area contributed by atoms with Gasteiger partial charge in [0.2, 0.25) is 11.8 Å². The summed E-state index contributed by atoms with van der Waals surface area (Å²) in [5.74, 6) is -0.112. The molecule has 23 heavy (non-hydrogen) atoms. The molecule has 0 atom stereocenters. The number of piperidine rings is 1. The number of hydrogen-bond donors (Lipinski definition) is 2. The second-order valence-corrected chi connectivity index (χ2v) is 6.22. The Morgan fingerprint density at radius 1 is 0.870 bits per heavy atom. The van der Waals surface area contributed by atoms with Gasteiger partial charge in [-0.05, 0) is 19.3 Å².